The van der Waals surface area contributed by atoms with Crippen molar-refractivity contribution in [1.82, 2.24) is 4.57 Å². The van der Waals surface area contributed by atoms with E-state index in [1.807, 2.05) is 42.5 Å². The fourth-order valence-corrected chi connectivity index (χ4v) is 3.62. The minimum Gasteiger partial charge on any atom is -0.491 e. The number of nitrogens with zero attached hydrogens (tertiary/aromatic N) is 1. The Bertz CT molecular complexity index is 1220. The van der Waals surface area contributed by atoms with Crippen molar-refractivity contribution in [3.8, 4) is 16.9 Å². The van der Waals surface area contributed by atoms with Gasteiger partial charge in [0.2, 0.25) is 0 Å². The number of aromatic nitrogens is 1. The van der Waals surface area contributed by atoms with Crippen LogP contribution in [0.4, 0.5) is 4.39 Å². The topological polar surface area (TPSA) is 31.2 Å². The molecule has 4 rings (SSSR count). The van der Waals surface area contributed by atoms with Gasteiger partial charge in [-0.25, -0.2) is 4.39 Å². The normalized spacial score (nSPS) is 11.0. The van der Waals surface area contributed by atoms with Gasteiger partial charge in [0.25, 0.3) is 5.56 Å². The van der Waals surface area contributed by atoms with Gasteiger partial charge < -0.3 is 9.30 Å². The number of benzene rings is 3. The highest BCUT2D eigenvalue weighted by Crippen LogP contribution is 2.35. The zero-order valence-electron chi connectivity index (χ0n) is 15.2. The summed E-state index contributed by atoms with van der Waals surface area (Å²) in [6.45, 7) is 0.319. The first-order valence-electron chi connectivity index (χ1n) is 8.79. The van der Waals surface area contributed by atoms with Crippen molar-refractivity contribution in [3.05, 3.63) is 99.6 Å². The standard InChI is InChI=1S/C23H17ClFNO2/c1-28-22-21(15-10-12-17(25)13-11-15)18-7-3-5-9-20(18)26(23(22)27)14-16-6-2-4-8-19(16)24/h2-13H,14H2,1H3. The Morgan fingerprint density at radius 2 is 1.64 bits per heavy atom. The highest BCUT2D eigenvalue weighted by atomic mass is 35.5. The Balaban J connectivity index is 2.02. The molecule has 28 heavy (non-hydrogen) atoms. The van der Waals surface area contributed by atoms with Crippen molar-refractivity contribution in [2.75, 3.05) is 7.11 Å². The minimum atomic E-state index is -0.334. The molecule has 0 radical (unpaired) electrons. The summed E-state index contributed by atoms with van der Waals surface area (Å²) in [5.41, 5.74) is 2.70. The fraction of sp³-hybridized carbons (Fsp3) is 0.0870. The van der Waals surface area contributed by atoms with E-state index in [0.29, 0.717) is 17.1 Å². The molecular weight excluding hydrogens is 377 g/mol. The van der Waals surface area contributed by atoms with E-state index in [0.717, 1.165) is 22.0 Å². The van der Waals surface area contributed by atoms with Crippen LogP contribution in [0, 0.1) is 5.82 Å². The summed E-state index contributed by atoms with van der Waals surface area (Å²) in [5.74, 6) is -0.114. The summed E-state index contributed by atoms with van der Waals surface area (Å²) in [4.78, 5) is 13.3. The van der Waals surface area contributed by atoms with Gasteiger partial charge in [-0.15, -0.1) is 0 Å². The predicted molar refractivity (Wildman–Crippen MR) is 111 cm³/mol. The number of methoxy groups -OCH3 is 1. The third kappa shape index (κ3) is 3.16. The number of hydrogen-bond donors (Lipinski definition) is 0. The van der Waals surface area contributed by atoms with E-state index in [1.54, 1.807) is 22.8 Å². The first kappa shape index (κ1) is 18.3. The molecule has 0 aliphatic carbocycles. The molecule has 0 fully saturated rings. The van der Waals surface area contributed by atoms with Crippen LogP contribution in [0.15, 0.2) is 77.6 Å². The zero-order valence-corrected chi connectivity index (χ0v) is 15.9. The van der Waals surface area contributed by atoms with Crippen molar-refractivity contribution >= 4 is 22.5 Å². The Morgan fingerprint density at radius 1 is 0.964 bits per heavy atom. The summed E-state index contributed by atoms with van der Waals surface area (Å²) in [6.07, 6.45) is 0. The van der Waals surface area contributed by atoms with E-state index in [2.05, 4.69) is 0 Å². The number of pyridine rings is 1. The molecule has 0 saturated heterocycles. The summed E-state index contributed by atoms with van der Waals surface area (Å²) in [7, 11) is 1.47. The molecule has 0 aliphatic heterocycles. The lowest BCUT2D eigenvalue weighted by Gasteiger charge is -2.18. The van der Waals surface area contributed by atoms with Crippen LogP contribution in [0.5, 0.6) is 5.75 Å². The van der Waals surface area contributed by atoms with Crippen molar-refractivity contribution < 1.29 is 9.13 Å². The van der Waals surface area contributed by atoms with Gasteiger partial charge in [-0.1, -0.05) is 60.1 Å². The fourth-order valence-electron chi connectivity index (χ4n) is 3.43. The van der Waals surface area contributed by atoms with Gasteiger partial charge >= 0.3 is 0 Å². The van der Waals surface area contributed by atoms with Crippen LogP contribution in [-0.2, 0) is 6.54 Å². The van der Waals surface area contributed by atoms with E-state index in [1.165, 1.54) is 19.2 Å². The molecule has 0 spiro atoms. The minimum absolute atomic E-state index is 0.220. The third-order valence-electron chi connectivity index (χ3n) is 4.75. The molecule has 0 N–H and O–H groups in total. The lowest BCUT2D eigenvalue weighted by atomic mass is 9.99. The average molecular weight is 394 g/mol. The second-order valence-corrected chi connectivity index (χ2v) is 6.82. The predicted octanol–water partition coefficient (Wildman–Crippen LogP) is 5.52. The van der Waals surface area contributed by atoms with Crippen LogP contribution in [0.1, 0.15) is 5.56 Å². The smallest absolute Gasteiger partial charge is 0.294 e. The number of fused-ring (bicyclic) bond motifs is 1. The molecule has 0 amide bonds. The maximum atomic E-state index is 13.4. The quantitative estimate of drug-likeness (QED) is 0.457. The first-order valence-corrected chi connectivity index (χ1v) is 9.17. The highest BCUT2D eigenvalue weighted by molar-refractivity contribution is 6.31. The molecule has 4 aromatic rings. The average Bonchev–Trinajstić information content (AvgIpc) is 2.72. The van der Waals surface area contributed by atoms with E-state index in [4.69, 9.17) is 16.3 Å². The first-order chi connectivity index (χ1) is 13.6. The van der Waals surface area contributed by atoms with E-state index < -0.39 is 0 Å². The largest absolute Gasteiger partial charge is 0.491 e. The van der Waals surface area contributed by atoms with Gasteiger partial charge in [-0.3, -0.25) is 4.79 Å². The SMILES string of the molecule is COc1c(-c2ccc(F)cc2)c2ccccc2n(Cc2ccccc2Cl)c1=O. The monoisotopic (exact) mass is 393 g/mol. The van der Waals surface area contributed by atoms with Crippen LogP contribution in [0.3, 0.4) is 0 Å². The Labute approximate surface area is 166 Å². The van der Waals surface area contributed by atoms with Crippen LogP contribution in [-0.4, -0.2) is 11.7 Å². The van der Waals surface area contributed by atoms with Crippen LogP contribution in [0.2, 0.25) is 5.02 Å². The van der Waals surface area contributed by atoms with Crippen molar-refractivity contribution in [2.45, 2.75) is 6.54 Å². The molecule has 0 unspecified atom stereocenters. The van der Waals surface area contributed by atoms with E-state index >= 15 is 0 Å². The molecule has 3 nitrogen and oxygen atoms in total. The van der Waals surface area contributed by atoms with Gasteiger partial charge in [0.1, 0.15) is 5.82 Å². The van der Waals surface area contributed by atoms with Gasteiger partial charge in [0.05, 0.1) is 19.2 Å². The second-order valence-electron chi connectivity index (χ2n) is 6.41. The van der Waals surface area contributed by atoms with Gasteiger partial charge in [0, 0.05) is 16.0 Å². The number of para-hydroxylation sites is 1. The lowest BCUT2D eigenvalue weighted by molar-refractivity contribution is 0.407. The van der Waals surface area contributed by atoms with Crippen molar-refractivity contribution in [2.24, 2.45) is 0 Å². The summed E-state index contributed by atoms with van der Waals surface area (Å²) in [5, 5.41) is 1.44. The maximum absolute atomic E-state index is 13.4. The Hall–Kier alpha value is -3.11. The van der Waals surface area contributed by atoms with Crippen molar-refractivity contribution in [3.63, 3.8) is 0 Å². The molecule has 3 aromatic carbocycles. The summed E-state index contributed by atoms with van der Waals surface area (Å²) in [6, 6.07) is 21.1. The Kier molecular flexibility index (Phi) is 4.88. The van der Waals surface area contributed by atoms with Gasteiger partial charge in [-0.2, -0.15) is 0 Å². The Morgan fingerprint density at radius 3 is 2.36 bits per heavy atom. The van der Waals surface area contributed by atoms with Crippen molar-refractivity contribution in [1.29, 1.82) is 0 Å². The van der Waals surface area contributed by atoms with Gasteiger partial charge in [-0.05, 0) is 35.4 Å². The number of halogens is 2. The molecule has 5 heteroatoms. The van der Waals surface area contributed by atoms with Crippen LogP contribution < -0.4 is 10.3 Å². The molecule has 0 atom stereocenters. The maximum Gasteiger partial charge on any atom is 0.294 e. The lowest BCUT2D eigenvalue weighted by Crippen LogP contribution is -2.23. The molecule has 1 heterocycles. The molecule has 140 valence electrons. The zero-order chi connectivity index (χ0) is 19.7. The molecule has 0 saturated carbocycles. The molecular formula is C23H17ClFNO2. The van der Waals surface area contributed by atoms with Crippen LogP contribution >= 0.6 is 11.6 Å². The van der Waals surface area contributed by atoms with Crippen LogP contribution in [0.25, 0.3) is 22.0 Å². The van der Waals surface area contributed by atoms with E-state index in [9.17, 15) is 9.18 Å². The molecule has 1 aromatic heterocycles. The van der Waals surface area contributed by atoms with E-state index in [-0.39, 0.29) is 17.1 Å². The molecule has 0 bridgehead atoms. The third-order valence-corrected chi connectivity index (χ3v) is 5.12. The molecule has 0 aliphatic rings. The summed E-state index contributed by atoms with van der Waals surface area (Å²) < 4.78 is 20.6. The highest BCUT2D eigenvalue weighted by Gasteiger charge is 2.19. The number of hydrogen-bond acceptors (Lipinski definition) is 2. The second kappa shape index (κ2) is 7.49. The number of ether oxygens (including phenoxy) is 1. The van der Waals surface area contributed by atoms with Gasteiger partial charge in [0.15, 0.2) is 5.75 Å². The summed E-state index contributed by atoms with van der Waals surface area (Å²) >= 11 is 6.31. The number of rotatable bonds is 4.